The summed E-state index contributed by atoms with van der Waals surface area (Å²) >= 11 is 0. The van der Waals surface area contributed by atoms with Gasteiger partial charge >= 0.3 is 0 Å². The summed E-state index contributed by atoms with van der Waals surface area (Å²) in [7, 11) is 0. The number of carbonyl (C=O) groups excluding carboxylic acids is 1. The largest absolute Gasteiger partial charge is 0.356 e. The van der Waals surface area contributed by atoms with Crippen molar-refractivity contribution < 1.29 is 4.79 Å². The van der Waals surface area contributed by atoms with E-state index in [0.29, 0.717) is 13.0 Å². The predicted molar refractivity (Wildman–Crippen MR) is 120 cm³/mol. The van der Waals surface area contributed by atoms with Crippen LogP contribution in [0.5, 0.6) is 0 Å². The Bertz CT molecular complexity index is 473. The molecule has 0 unspecified atom stereocenters. The van der Waals surface area contributed by atoms with E-state index in [4.69, 9.17) is 5.73 Å². The Morgan fingerprint density at radius 3 is 1.78 bits per heavy atom. The summed E-state index contributed by atoms with van der Waals surface area (Å²) in [6.45, 7) is 3.60. The Morgan fingerprint density at radius 1 is 0.741 bits per heavy atom. The van der Waals surface area contributed by atoms with Crippen molar-refractivity contribution in [2.24, 2.45) is 5.73 Å². The quantitative estimate of drug-likeness (QED) is 0.252. The first kappa shape index (κ1) is 25.1. The fourth-order valence-corrected chi connectivity index (χ4v) is 2.33. The van der Waals surface area contributed by atoms with Crippen molar-refractivity contribution >= 4 is 5.91 Å². The van der Waals surface area contributed by atoms with Crippen molar-refractivity contribution in [2.45, 2.75) is 71.1 Å². The maximum Gasteiger partial charge on any atom is 0.220 e. The third-order valence-electron chi connectivity index (χ3n) is 3.89. The molecule has 3 N–H and O–H groups in total. The summed E-state index contributed by atoms with van der Waals surface area (Å²) < 4.78 is 0. The van der Waals surface area contributed by atoms with Crippen LogP contribution < -0.4 is 11.1 Å². The highest BCUT2D eigenvalue weighted by Crippen LogP contribution is 1.99. The summed E-state index contributed by atoms with van der Waals surface area (Å²) in [4.78, 5) is 11.6. The molecule has 0 aromatic carbocycles. The third kappa shape index (κ3) is 22.1. The summed E-state index contributed by atoms with van der Waals surface area (Å²) in [6.07, 6.45) is 31.5. The topological polar surface area (TPSA) is 55.1 Å². The van der Waals surface area contributed by atoms with E-state index in [2.05, 4.69) is 73.0 Å². The van der Waals surface area contributed by atoms with Gasteiger partial charge in [-0.2, -0.15) is 0 Å². The summed E-state index contributed by atoms with van der Waals surface area (Å²) in [6, 6.07) is 0. The SMILES string of the molecule is CC/C=C\C/C=C\C/C=C\C/C=C\C/C=C\CCCC(=O)NCCCCN. The van der Waals surface area contributed by atoms with Gasteiger partial charge < -0.3 is 11.1 Å². The van der Waals surface area contributed by atoms with Crippen molar-refractivity contribution in [3.05, 3.63) is 60.8 Å². The molecule has 3 nitrogen and oxygen atoms in total. The number of unbranched alkanes of at least 4 members (excludes halogenated alkanes) is 2. The van der Waals surface area contributed by atoms with Crippen LogP contribution in [0.2, 0.25) is 0 Å². The Morgan fingerprint density at radius 2 is 1.26 bits per heavy atom. The average Bonchev–Trinajstić information content (AvgIpc) is 2.67. The molecule has 0 aromatic rings. The lowest BCUT2D eigenvalue weighted by Gasteiger charge is -2.03. The monoisotopic (exact) mass is 372 g/mol. The molecule has 0 aromatic heterocycles. The lowest BCUT2D eigenvalue weighted by atomic mass is 10.2. The van der Waals surface area contributed by atoms with Crippen LogP contribution in [0.1, 0.15) is 71.1 Å². The van der Waals surface area contributed by atoms with Gasteiger partial charge in [-0.3, -0.25) is 4.79 Å². The molecule has 0 saturated heterocycles. The molecule has 0 spiro atoms. The molecule has 0 aliphatic heterocycles. The molecule has 0 aliphatic carbocycles. The lowest BCUT2D eigenvalue weighted by molar-refractivity contribution is -0.121. The molecule has 1 amide bonds. The van der Waals surface area contributed by atoms with Gasteiger partial charge in [-0.1, -0.05) is 67.7 Å². The number of nitrogens with one attached hydrogen (secondary N) is 1. The van der Waals surface area contributed by atoms with Gasteiger partial charge in [0.2, 0.25) is 5.91 Å². The number of hydrogen-bond donors (Lipinski definition) is 2. The van der Waals surface area contributed by atoms with E-state index in [1.54, 1.807) is 0 Å². The van der Waals surface area contributed by atoms with Gasteiger partial charge in [0.15, 0.2) is 0 Å². The van der Waals surface area contributed by atoms with Crippen molar-refractivity contribution in [2.75, 3.05) is 13.1 Å². The second kappa shape index (κ2) is 22.2. The maximum atomic E-state index is 11.6. The Hall–Kier alpha value is -1.87. The number of hydrogen-bond acceptors (Lipinski definition) is 2. The van der Waals surface area contributed by atoms with Crippen LogP contribution in [-0.4, -0.2) is 19.0 Å². The van der Waals surface area contributed by atoms with Gasteiger partial charge in [0.25, 0.3) is 0 Å². The number of rotatable bonds is 17. The van der Waals surface area contributed by atoms with E-state index in [9.17, 15) is 4.79 Å². The smallest absolute Gasteiger partial charge is 0.220 e. The number of carbonyl (C=O) groups is 1. The molecule has 27 heavy (non-hydrogen) atoms. The fourth-order valence-electron chi connectivity index (χ4n) is 2.33. The van der Waals surface area contributed by atoms with Crippen molar-refractivity contribution in [1.82, 2.24) is 5.32 Å². The zero-order chi connectivity index (χ0) is 19.8. The maximum absolute atomic E-state index is 11.6. The molecule has 0 bridgehead atoms. The molecule has 0 aliphatic rings. The standard InChI is InChI=1S/C24H40N2O/c1-2-3-4-5-6-7-8-9-10-11-12-13-14-15-16-17-18-21-24(27)26-23-20-19-22-25/h3-4,6-7,9-10,12-13,15-16H,2,5,8,11,14,17-23,25H2,1H3,(H,26,27)/b4-3-,7-6-,10-9-,13-12-,16-15-. The highest BCUT2D eigenvalue weighted by atomic mass is 16.1. The highest BCUT2D eigenvalue weighted by Gasteiger charge is 1.98. The highest BCUT2D eigenvalue weighted by molar-refractivity contribution is 5.75. The Labute approximate surface area is 167 Å². The molecular weight excluding hydrogens is 332 g/mol. The molecule has 0 atom stereocenters. The van der Waals surface area contributed by atoms with Crippen LogP contribution in [0.4, 0.5) is 0 Å². The molecule has 0 rings (SSSR count). The summed E-state index contributed by atoms with van der Waals surface area (Å²) in [5.74, 6) is 0.152. The van der Waals surface area contributed by atoms with E-state index < -0.39 is 0 Å². The average molecular weight is 373 g/mol. The van der Waals surface area contributed by atoms with Gasteiger partial charge in [0.05, 0.1) is 0 Å². The van der Waals surface area contributed by atoms with Gasteiger partial charge in [-0.05, 0) is 64.3 Å². The van der Waals surface area contributed by atoms with Gasteiger partial charge in [-0.15, -0.1) is 0 Å². The van der Waals surface area contributed by atoms with E-state index >= 15 is 0 Å². The summed E-state index contributed by atoms with van der Waals surface area (Å²) in [5, 5.41) is 2.93. The van der Waals surface area contributed by atoms with E-state index in [1.165, 1.54) is 0 Å². The van der Waals surface area contributed by atoms with E-state index in [-0.39, 0.29) is 5.91 Å². The van der Waals surface area contributed by atoms with Gasteiger partial charge in [0, 0.05) is 13.0 Å². The van der Waals surface area contributed by atoms with Crippen LogP contribution in [0.15, 0.2) is 60.8 Å². The number of amides is 1. The van der Waals surface area contributed by atoms with Crippen molar-refractivity contribution in [3.63, 3.8) is 0 Å². The van der Waals surface area contributed by atoms with Crippen molar-refractivity contribution in [1.29, 1.82) is 0 Å². The van der Waals surface area contributed by atoms with Gasteiger partial charge in [-0.25, -0.2) is 0 Å². The normalized spacial score (nSPS) is 12.5. The van der Waals surface area contributed by atoms with Crippen molar-refractivity contribution in [3.8, 4) is 0 Å². The number of allylic oxidation sites excluding steroid dienone is 10. The second-order valence-corrected chi connectivity index (χ2v) is 6.45. The summed E-state index contributed by atoms with van der Waals surface area (Å²) in [5.41, 5.74) is 5.42. The first-order chi connectivity index (χ1) is 13.3. The third-order valence-corrected chi connectivity index (χ3v) is 3.89. The second-order valence-electron chi connectivity index (χ2n) is 6.45. The van der Waals surface area contributed by atoms with E-state index in [0.717, 1.165) is 64.3 Å². The van der Waals surface area contributed by atoms with Crippen LogP contribution in [0, 0.1) is 0 Å². The van der Waals surface area contributed by atoms with Gasteiger partial charge in [0.1, 0.15) is 0 Å². The first-order valence-corrected chi connectivity index (χ1v) is 10.5. The van der Waals surface area contributed by atoms with Crippen LogP contribution >= 0.6 is 0 Å². The lowest BCUT2D eigenvalue weighted by Crippen LogP contribution is -2.24. The van der Waals surface area contributed by atoms with Crippen LogP contribution in [-0.2, 0) is 4.79 Å². The zero-order valence-corrected chi connectivity index (χ0v) is 17.2. The first-order valence-electron chi connectivity index (χ1n) is 10.5. The molecule has 0 saturated carbocycles. The molecule has 0 heterocycles. The molecule has 0 fully saturated rings. The minimum atomic E-state index is 0.152. The minimum Gasteiger partial charge on any atom is -0.356 e. The Kier molecular flexibility index (Phi) is 20.6. The zero-order valence-electron chi connectivity index (χ0n) is 17.2. The molecule has 152 valence electrons. The van der Waals surface area contributed by atoms with Crippen LogP contribution in [0.25, 0.3) is 0 Å². The number of nitrogens with two attached hydrogens (primary N) is 1. The fraction of sp³-hybridized carbons (Fsp3) is 0.542. The van der Waals surface area contributed by atoms with Crippen LogP contribution in [0.3, 0.4) is 0 Å². The predicted octanol–water partition coefficient (Wildman–Crippen LogP) is 5.76. The molecule has 0 radical (unpaired) electrons. The Balaban J connectivity index is 3.48. The molecule has 3 heteroatoms. The van der Waals surface area contributed by atoms with E-state index in [1.807, 2.05) is 0 Å². The molecular formula is C24H40N2O. The minimum absolute atomic E-state index is 0.152.